The second kappa shape index (κ2) is 6.39. The van der Waals surface area contributed by atoms with Gasteiger partial charge >= 0.3 is 0 Å². The first kappa shape index (κ1) is 13.6. The van der Waals surface area contributed by atoms with E-state index in [0.29, 0.717) is 11.7 Å². The Morgan fingerprint density at radius 3 is 2.39 bits per heavy atom. The number of phenolic OH excluding ortho intramolecular Hbond substituents is 1. The highest BCUT2D eigenvalue weighted by atomic mass is 79.9. The van der Waals surface area contributed by atoms with E-state index < -0.39 is 0 Å². The van der Waals surface area contributed by atoms with Gasteiger partial charge in [-0.1, -0.05) is 56.1 Å². The maximum atomic E-state index is 9.29. The van der Waals surface area contributed by atoms with Gasteiger partial charge in [-0.25, -0.2) is 0 Å². The van der Waals surface area contributed by atoms with Crippen LogP contribution in [0.5, 0.6) is 5.75 Å². The Labute approximate surface area is 124 Å². The molecule has 2 rings (SSSR count). The van der Waals surface area contributed by atoms with Crippen LogP contribution in [-0.2, 0) is 6.42 Å². The van der Waals surface area contributed by atoms with E-state index in [9.17, 15) is 5.11 Å². The van der Waals surface area contributed by atoms with Gasteiger partial charge in [0.2, 0.25) is 0 Å². The van der Waals surface area contributed by atoms with Gasteiger partial charge in [0.05, 0.1) is 0 Å². The van der Waals surface area contributed by atoms with E-state index in [-0.39, 0.29) is 0 Å². The summed E-state index contributed by atoms with van der Waals surface area (Å²) in [6, 6.07) is 15.8. The zero-order valence-corrected chi connectivity index (χ0v) is 13.0. The Bertz CT molecular complexity index is 508. The zero-order valence-electron chi connectivity index (χ0n) is 9.81. The fourth-order valence-corrected chi connectivity index (χ4v) is 2.96. The fraction of sp³-hybridized carbons (Fsp3) is 0.200. The molecule has 18 heavy (non-hydrogen) atoms. The van der Waals surface area contributed by atoms with Crippen LogP contribution in [0.25, 0.3) is 0 Å². The van der Waals surface area contributed by atoms with Crippen molar-refractivity contribution in [2.45, 2.75) is 12.3 Å². The molecule has 0 fully saturated rings. The highest BCUT2D eigenvalue weighted by Gasteiger charge is 2.11. The van der Waals surface area contributed by atoms with Crippen LogP contribution in [-0.4, -0.2) is 10.4 Å². The normalized spacial score (nSPS) is 12.3. The van der Waals surface area contributed by atoms with E-state index in [0.717, 1.165) is 16.2 Å². The molecular weight excluding hydrogens is 356 g/mol. The summed E-state index contributed by atoms with van der Waals surface area (Å²) < 4.78 is 1.11. The summed E-state index contributed by atoms with van der Waals surface area (Å²) in [5.41, 5.74) is 2.55. The van der Waals surface area contributed by atoms with Crippen molar-refractivity contribution >= 4 is 31.9 Å². The van der Waals surface area contributed by atoms with E-state index in [1.165, 1.54) is 11.1 Å². The van der Waals surface area contributed by atoms with Crippen LogP contribution < -0.4 is 0 Å². The summed E-state index contributed by atoms with van der Waals surface area (Å²) in [5, 5.41) is 10.2. The highest BCUT2D eigenvalue weighted by Crippen LogP contribution is 2.26. The third-order valence-electron chi connectivity index (χ3n) is 2.92. The Morgan fingerprint density at radius 1 is 1.06 bits per heavy atom. The van der Waals surface area contributed by atoms with Crippen molar-refractivity contribution in [1.29, 1.82) is 0 Å². The van der Waals surface area contributed by atoms with E-state index >= 15 is 0 Å². The van der Waals surface area contributed by atoms with Crippen molar-refractivity contribution in [1.82, 2.24) is 0 Å². The fourth-order valence-electron chi connectivity index (χ4n) is 1.94. The Hall–Kier alpha value is -0.800. The van der Waals surface area contributed by atoms with Crippen LogP contribution >= 0.6 is 31.9 Å². The molecule has 0 heterocycles. The second-order valence-corrected chi connectivity index (χ2v) is 5.84. The first-order chi connectivity index (χ1) is 8.69. The van der Waals surface area contributed by atoms with Gasteiger partial charge in [-0.05, 0) is 47.7 Å². The number of alkyl halides is 1. The number of halogens is 2. The molecule has 3 heteroatoms. The van der Waals surface area contributed by atoms with E-state index in [2.05, 4.69) is 50.1 Å². The van der Waals surface area contributed by atoms with Crippen molar-refractivity contribution in [3.05, 3.63) is 64.1 Å². The maximum Gasteiger partial charge on any atom is 0.115 e. The Balaban J connectivity index is 2.17. The van der Waals surface area contributed by atoms with E-state index in [1.807, 2.05) is 18.2 Å². The van der Waals surface area contributed by atoms with Gasteiger partial charge in [-0.15, -0.1) is 0 Å². The van der Waals surface area contributed by atoms with Crippen molar-refractivity contribution in [3.8, 4) is 5.75 Å². The first-order valence-corrected chi connectivity index (χ1v) is 7.70. The molecule has 0 saturated carbocycles. The number of aromatic hydroxyl groups is 1. The molecule has 0 aliphatic rings. The van der Waals surface area contributed by atoms with E-state index in [4.69, 9.17) is 0 Å². The summed E-state index contributed by atoms with van der Waals surface area (Å²) in [5.74, 6) is 0.753. The number of hydrogen-bond donors (Lipinski definition) is 1. The van der Waals surface area contributed by atoms with Gasteiger partial charge in [0.25, 0.3) is 0 Å². The predicted molar refractivity (Wildman–Crippen MR) is 82.5 cm³/mol. The smallest absolute Gasteiger partial charge is 0.115 e. The lowest BCUT2D eigenvalue weighted by molar-refractivity contribution is 0.475. The number of phenols is 1. The third kappa shape index (κ3) is 3.59. The minimum Gasteiger partial charge on any atom is -0.508 e. The van der Waals surface area contributed by atoms with Gasteiger partial charge in [-0.2, -0.15) is 0 Å². The molecule has 0 aliphatic carbocycles. The van der Waals surface area contributed by atoms with E-state index in [1.54, 1.807) is 12.1 Å². The number of benzene rings is 2. The lowest BCUT2D eigenvalue weighted by Crippen LogP contribution is -2.04. The van der Waals surface area contributed by atoms with Crippen LogP contribution in [0, 0.1) is 0 Å². The molecule has 1 atom stereocenters. The van der Waals surface area contributed by atoms with Crippen molar-refractivity contribution in [2.75, 3.05) is 5.33 Å². The van der Waals surface area contributed by atoms with Crippen LogP contribution in [0.4, 0.5) is 0 Å². The average Bonchev–Trinajstić information content (AvgIpc) is 2.38. The monoisotopic (exact) mass is 368 g/mol. The minimum atomic E-state index is 0.316. The summed E-state index contributed by atoms with van der Waals surface area (Å²) in [4.78, 5) is 0. The van der Waals surface area contributed by atoms with Gasteiger partial charge in [-0.3, -0.25) is 0 Å². The highest BCUT2D eigenvalue weighted by molar-refractivity contribution is 9.10. The largest absolute Gasteiger partial charge is 0.508 e. The Morgan fingerprint density at radius 2 is 1.78 bits per heavy atom. The quantitative estimate of drug-likeness (QED) is 0.761. The van der Waals surface area contributed by atoms with Gasteiger partial charge < -0.3 is 5.11 Å². The molecule has 0 aliphatic heterocycles. The lowest BCUT2D eigenvalue weighted by Gasteiger charge is -2.15. The molecule has 0 amide bonds. The first-order valence-electron chi connectivity index (χ1n) is 5.78. The summed E-state index contributed by atoms with van der Waals surface area (Å²) >= 11 is 7.09. The van der Waals surface area contributed by atoms with Crippen molar-refractivity contribution in [2.24, 2.45) is 0 Å². The number of rotatable bonds is 4. The molecule has 1 unspecified atom stereocenters. The average molecular weight is 370 g/mol. The second-order valence-electron chi connectivity index (χ2n) is 4.28. The minimum absolute atomic E-state index is 0.316. The van der Waals surface area contributed by atoms with Crippen LogP contribution in [0.3, 0.4) is 0 Å². The van der Waals surface area contributed by atoms with Crippen molar-refractivity contribution < 1.29 is 5.11 Å². The van der Waals surface area contributed by atoms with Crippen LogP contribution in [0.2, 0.25) is 0 Å². The van der Waals surface area contributed by atoms with Gasteiger partial charge in [0.15, 0.2) is 0 Å². The number of hydrogen-bond acceptors (Lipinski definition) is 1. The topological polar surface area (TPSA) is 20.2 Å². The predicted octanol–water partition coefficient (Wildman–Crippen LogP) is 4.88. The molecule has 0 spiro atoms. The molecule has 0 bridgehead atoms. The summed E-state index contributed by atoms with van der Waals surface area (Å²) in [6.45, 7) is 0. The van der Waals surface area contributed by atoms with Crippen molar-refractivity contribution in [3.63, 3.8) is 0 Å². The summed E-state index contributed by atoms with van der Waals surface area (Å²) in [6.07, 6.45) is 0.960. The molecule has 0 saturated heterocycles. The molecule has 1 N–H and O–H groups in total. The molecule has 1 nitrogen and oxygen atoms in total. The molecule has 0 radical (unpaired) electrons. The molecule has 2 aromatic carbocycles. The molecule has 2 aromatic rings. The van der Waals surface area contributed by atoms with Gasteiger partial charge in [0, 0.05) is 9.80 Å². The van der Waals surface area contributed by atoms with Crippen LogP contribution in [0.15, 0.2) is 53.0 Å². The summed E-state index contributed by atoms with van der Waals surface area (Å²) in [7, 11) is 0. The standard InChI is InChI=1S/C15H14Br2O/c16-10-13(12-2-1-3-14(17)9-12)8-11-4-6-15(18)7-5-11/h1-7,9,13,18H,8,10H2. The zero-order chi connectivity index (χ0) is 13.0. The maximum absolute atomic E-state index is 9.29. The Kier molecular flexibility index (Phi) is 4.84. The SMILES string of the molecule is Oc1ccc(CC(CBr)c2cccc(Br)c2)cc1. The third-order valence-corrected chi connectivity index (χ3v) is 4.20. The van der Waals surface area contributed by atoms with Crippen LogP contribution in [0.1, 0.15) is 17.0 Å². The molecular formula is C15H14Br2O. The molecule has 0 aromatic heterocycles. The molecule has 94 valence electrons. The van der Waals surface area contributed by atoms with Gasteiger partial charge in [0.1, 0.15) is 5.75 Å². The lowest BCUT2D eigenvalue weighted by atomic mass is 9.94.